The van der Waals surface area contributed by atoms with Crippen LogP contribution in [0.15, 0.2) is 59.4 Å². The van der Waals surface area contributed by atoms with Gasteiger partial charge in [0.25, 0.3) is 5.56 Å². The number of rotatable bonds is 8. The maximum atomic E-state index is 12.3. The van der Waals surface area contributed by atoms with Crippen molar-refractivity contribution >= 4 is 5.91 Å². The van der Waals surface area contributed by atoms with Crippen molar-refractivity contribution in [2.75, 3.05) is 14.2 Å². The highest BCUT2D eigenvalue weighted by molar-refractivity contribution is 5.75. The Hall–Kier alpha value is -3.61. The molecule has 7 nitrogen and oxygen atoms in total. The summed E-state index contributed by atoms with van der Waals surface area (Å²) in [5, 5.41) is 7.25. The lowest BCUT2D eigenvalue weighted by Crippen LogP contribution is -2.28. The fraction of sp³-hybridized carbons (Fsp3) is 0.261. The van der Waals surface area contributed by atoms with E-state index >= 15 is 0 Å². The van der Waals surface area contributed by atoms with Crippen LogP contribution < -0.4 is 20.3 Å². The Kier molecular flexibility index (Phi) is 6.85. The highest BCUT2D eigenvalue weighted by atomic mass is 16.5. The fourth-order valence-corrected chi connectivity index (χ4v) is 2.97. The molecule has 0 saturated carbocycles. The molecule has 3 rings (SSSR count). The summed E-state index contributed by atoms with van der Waals surface area (Å²) in [6, 6.07) is 16.5. The number of aromatic nitrogens is 2. The molecule has 3 aromatic rings. The van der Waals surface area contributed by atoms with Gasteiger partial charge in [-0.1, -0.05) is 35.9 Å². The first-order valence-corrected chi connectivity index (χ1v) is 9.63. The van der Waals surface area contributed by atoms with Gasteiger partial charge in [0.05, 0.1) is 26.5 Å². The minimum Gasteiger partial charge on any atom is -0.493 e. The summed E-state index contributed by atoms with van der Waals surface area (Å²) in [5.74, 6) is 1.07. The highest BCUT2D eigenvalue weighted by Crippen LogP contribution is 2.27. The zero-order valence-corrected chi connectivity index (χ0v) is 17.3. The van der Waals surface area contributed by atoms with Gasteiger partial charge in [-0.3, -0.25) is 9.59 Å². The second-order valence-electron chi connectivity index (χ2n) is 6.86. The van der Waals surface area contributed by atoms with Crippen LogP contribution in [-0.4, -0.2) is 29.9 Å². The summed E-state index contributed by atoms with van der Waals surface area (Å²) in [6.45, 7) is 2.57. The van der Waals surface area contributed by atoms with Crippen LogP contribution in [-0.2, 0) is 17.9 Å². The molecule has 0 saturated heterocycles. The molecule has 1 aromatic heterocycles. The van der Waals surface area contributed by atoms with Gasteiger partial charge in [-0.15, -0.1) is 0 Å². The van der Waals surface area contributed by atoms with Crippen molar-refractivity contribution in [3.63, 3.8) is 0 Å². The van der Waals surface area contributed by atoms with E-state index in [0.717, 1.165) is 16.7 Å². The first-order chi connectivity index (χ1) is 14.5. The smallest absolute Gasteiger partial charge is 0.266 e. The SMILES string of the molecule is COc1ccc(CNC(=O)CCn2nc(-c3ccc(C)cc3)ccc2=O)cc1OC. The number of hydrogen-bond donors (Lipinski definition) is 1. The highest BCUT2D eigenvalue weighted by Gasteiger charge is 2.08. The minimum atomic E-state index is -0.237. The van der Waals surface area contributed by atoms with Crippen LogP contribution in [0.25, 0.3) is 11.3 Å². The number of nitrogens with one attached hydrogen (secondary N) is 1. The third kappa shape index (κ3) is 5.26. The lowest BCUT2D eigenvalue weighted by molar-refractivity contribution is -0.121. The summed E-state index contributed by atoms with van der Waals surface area (Å²) < 4.78 is 11.8. The van der Waals surface area contributed by atoms with Crippen molar-refractivity contribution in [1.29, 1.82) is 0 Å². The zero-order valence-electron chi connectivity index (χ0n) is 17.3. The van der Waals surface area contributed by atoms with E-state index in [1.54, 1.807) is 26.4 Å². The van der Waals surface area contributed by atoms with Crippen LogP contribution in [0.1, 0.15) is 17.5 Å². The van der Waals surface area contributed by atoms with E-state index in [1.165, 1.54) is 10.7 Å². The molecule has 0 unspecified atom stereocenters. The molecule has 0 fully saturated rings. The van der Waals surface area contributed by atoms with E-state index in [2.05, 4.69) is 10.4 Å². The lowest BCUT2D eigenvalue weighted by atomic mass is 10.1. The van der Waals surface area contributed by atoms with Gasteiger partial charge in [-0.05, 0) is 30.7 Å². The third-order valence-corrected chi connectivity index (χ3v) is 4.70. The van der Waals surface area contributed by atoms with E-state index in [1.807, 2.05) is 43.3 Å². The molecule has 2 aromatic carbocycles. The zero-order chi connectivity index (χ0) is 21.5. The van der Waals surface area contributed by atoms with E-state index in [9.17, 15) is 9.59 Å². The molecule has 1 amide bonds. The fourth-order valence-electron chi connectivity index (χ4n) is 2.97. The van der Waals surface area contributed by atoms with Gasteiger partial charge >= 0.3 is 0 Å². The molecule has 0 radical (unpaired) electrons. The van der Waals surface area contributed by atoms with Crippen molar-refractivity contribution in [3.8, 4) is 22.8 Å². The number of amides is 1. The number of nitrogens with zero attached hydrogens (tertiary/aromatic N) is 2. The molecule has 0 aliphatic rings. The van der Waals surface area contributed by atoms with Gasteiger partial charge in [0.2, 0.25) is 5.91 Å². The van der Waals surface area contributed by atoms with Crippen LogP contribution in [0.4, 0.5) is 0 Å². The first kappa shape index (κ1) is 21.1. The van der Waals surface area contributed by atoms with E-state index < -0.39 is 0 Å². The second kappa shape index (κ2) is 9.73. The summed E-state index contributed by atoms with van der Waals surface area (Å²) in [6.07, 6.45) is 0.150. The Morgan fingerprint density at radius 2 is 1.73 bits per heavy atom. The lowest BCUT2D eigenvalue weighted by Gasteiger charge is -2.11. The molecule has 0 atom stereocenters. The van der Waals surface area contributed by atoms with Gasteiger partial charge in [0.1, 0.15) is 0 Å². The Morgan fingerprint density at radius 1 is 1.00 bits per heavy atom. The summed E-state index contributed by atoms with van der Waals surface area (Å²) >= 11 is 0. The molecule has 0 spiro atoms. The molecule has 1 N–H and O–H groups in total. The number of hydrogen-bond acceptors (Lipinski definition) is 5. The molecule has 7 heteroatoms. The van der Waals surface area contributed by atoms with Gasteiger partial charge in [0.15, 0.2) is 11.5 Å². The summed E-state index contributed by atoms with van der Waals surface area (Å²) in [7, 11) is 3.14. The first-order valence-electron chi connectivity index (χ1n) is 9.63. The molecule has 1 heterocycles. The van der Waals surface area contributed by atoms with Gasteiger partial charge < -0.3 is 14.8 Å². The van der Waals surface area contributed by atoms with Gasteiger partial charge in [-0.2, -0.15) is 5.10 Å². The number of carbonyl (C=O) groups excluding carboxylic acids is 1. The normalized spacial score (nSPS) is 10.5. The standard InChI is InChI=1S/C23H25N3O4/c1-16-4-7-18(8-5-16)19-9-11-23(28)26(25-19)13-12-22(27)24-15-17-6-10-20(29-2)21(14-17)30-3/h4-11,14H,12-13,15H2,1-3H3,(H,24,27). The average Bonchev–Trinajstić information content (AvgIpc) is 2.77. The van der Waals surface area contributed by atoms with Crippen molar-refractivity contribution in [2.24, 2.45) is 0 Å². The monoisotopic (exact) mass is 407 g/mol. The maximum absolute atomic E-state index is 12.3. The van der Waals surface area contributed by atoms with Crippen molar-refractivity contribution in [2.45, 2.75) is 26.4 Å². The Bertz CT molecular complexity index is 1070. The predicted octanol–water partition coefficient (Wildman–Crippen LogP) is 2.94. The Balaban J connectivity index is 1.60. The van der Waals surface area contributed by atoms with Crippen LogP contribution in [0.5, 0.6) is 11.5 Å². The van der Waals surface area contributed by atoms with Gasteiger partial charge in [0, 0.05) is 24.6 Å². The molecular weight excluding hydrogens is 382 g/mol. The van der Waals surface area contributed by atoms with Crippen LogP contribution >= 0.6 is 0 Å². The third-order valence-electron chi connectivity index (χ3n) is 4.70. The number of carbonyl (C=O) groups is 1. The Morgan fingerprint density at radius 3 is 2.43 bits per heavy atom. The number of aryl methyl sites for hydroxylation is 2. The van der Waals surface area contributed by atoms with E-state index in [0.29, 0.717) is 23.7 Å². The molecular formula is C23H25N3O4. The average molecular weight is 407 g/mol. The van der Waals surface area contributed by atoms with Crippen LogP contribution in [0.2, 0.25) is 0 Å². The molecule has 0 bridgehead atoms. The van der Waals surface area contributed by atoms with Crippen LogP contribution in [0, 0.1) is 6.92 Å². The van der Waals surface area contributed by atoms with Crippen LogP contribution in [0.3, 0.4) is 0 Å². The number of benzene rings is 2. The summed E-state index contributed by atoms with van der Waals surface area (Å²) in [4.78, 5) is 24.4. The predicted molar refractivity (Wildman–Crippen MR) is 115 cm³/mol. The van der Waals surface area contributed by atoms with Crippen molar-refractivity contribution in [1.82, 2.24) is 15.1 Å². The van der Waals surface area contributed by atoms with Crippen molar-refractivity contribution < 1.29 is 14.3 Å². The Labute approximate surface area is 175 Å². The van der Waals surface area contributed by atoms with E-state index in [-0.39, 0.29) is 24.4 Å². The number of ether oxygens (including phenoxy) is 2. The maximum Gasteiger partial charge on any atom is 0.266 e. The topological polar surface area (TPSA) is 82.5 Å². The minimum absolute atomic E-state index is 0.150. The van der Waals surface area contributed by atoms with Gasteiger partial charge in [-0.25, -0.2) is 4.68 Å². The molecule has 156 valence electrons. The van der Waals surface area contributed by atoms with Crippen molar-refractivity contribution in [3.05, 3.63) is 76.1 Å². The molecule has 0 aliphatic carbocycles. The van der Waals surface area contributed by atoms with E-state index in [4.69, 9.17) is 9.47 Å². The molecule has 30 heavy (non-hydrogen) atoms. The quantitative estimate of drug-likeness (QED) is 0.621. The molecule has 0 aliphatic heterocycles. The largest absolute Gasteiger partial charge is 0.493 e. The second-order valence-corrected chi connectivity index (χ2v) is 6.86. The summed E-state index contributed by atoms with van der Waals surface area (Å²) in [5.41, 5.74) is 3.42. The number of methoxy groups -OCH3 is 2.